The molecule has 0 aliphatic carbocycles. The Bertz CT molecular complexity index is 627. The highest BCUT2D eigenvalue weighted by atomic mass is 19.1. The second kappa shape index (κ2) is 6.93. The van der Waals surface area contributed by atoms with Crippen LogP contribution in [0.1, 0.15) is 30.4 Å². The summed E-state index contributed by atoms with van der Waals surface area (Å²) in [6, 6.07) is 12.0. The zero-order valence-electron chi connectivity index (χ0n) is 11.7. The van der Waals surface area contributed by atoms with Gasteiger partial charge in [0.1, 0.15) is 17.9 Å². The van der Waals surface area contributed by atoms with Crippen LogP contribution in [0.2, 0.25) is 0 Å². The van der Waals surface area contributed by atoms with Crippen molar-refractivity contribution in [2.45, 2.75) is 19.3 Å². The van der Waals surface area contributed by atoms with Crippen molar-refractivity contribution in [2.24, 2.45) is 0 Å². The Labute approximate surface area is 122 Å². The molecule has 0 amide bonds. The minimum absolute atomic E-state index is 0.0100. The Morgan fingerprint density at radius 1 is 1.00 bits per heavy atom. The molecule has 0 radical (unpaired) electrons. The summed E-state index contributed by atoms with van der Waals surface area (Å²) in [5.74, 6) is -0.614. The van der Waals surface area contributed by atoms with Gasteiger partial charge in [0.05, 0.1) is 0 Å². The van der Waals surface area contributed by atoms with Gasteiger partial charge in [-0.3, -0.25) is 4.79 Å². The molecule has 0 fully saturated rings. The summed E-state index contributed by atoms with van der Waals surface area (Å²) in [6.07, 6.45) is 3.39. The fraction of sp³-hybridized carbons (Fsp3) is 0.167. The molecule has 0 saturated heterocycles. The predicted octanol–water partition coefficient (Wildman–Crippen LogP) is 4.74. The Morgan fingerprint density at radius 3 is 2.00 bits per heavy atom. The minimum Gasteiger partial charge on any atom is -0.298 e. The van der Waals surface area contributed by atoms with E-state index in [4.69, 9.17) is 0 Å². The second-order valence-electron chi connectivity index (χ2n) is 4.81. The number of hydrogen-bond donors (Lipinski definition) is 0. The van der Waals surface area contributed by atoms with Crippen molar-refractivity contribution in [3.8, 4) is 0 Å². The quantitative estimate of drug-likeness (QED) is 0.573. The molecule has 0 spiro atoms. The molecular formula is C18H16F2O. The summed E-state index contributed by atoms with van der Waals surface area (Å²) in [5.41, 5.74) is 2.12. The normalized spacial score (nSPS) is 13.0. The van der Waals surface area contributed by atoms with Gasteiger partial charge in [-0.05, 0) is 41.8 Å². The predicted molar refractivity (Wildman–Crippen MR) is 79.9 cm³/mol. The van der Waals surface area contributed by atoms with Gasteiger partial charge >= 0.3 is 0 Å². The highest BCUT2D eigenvalue weighted by Crippen LogP contribution is 2.25. The van der Waals surface area contributed by atoms with E-state index in [0.29, 0.717) is 11.1 Å². The van der Waals surface area contributed by atoms with Crippen molar-refractivity contribution in [2.75, 3.05) is 0 Å². The number of halogens is 2. The van der Waals surface area contributed by atoms with Crippen LogP contribution >= 0.6 is 0 Å². The van der Waals surface area contributed by atoms with Crippen LogP contribution < -0.4 is 0 Å². The highest BCUT2D eigenvalue weighted by Gasteiger charge is 2.09. The molecule has 2 rings (SSSR count). The number of carbonyl (C=O) groups excluding carboxylic acids is 1. The summed E-state index contributed by atoms with van der Waals surface area (Å²) in [5, 5.41) is 0. The SMILES string of the molecule is CC[C@H](C=C(C=O)c1ccc(F)cc1)c1ccc(F)cc1. The van der Waals surface area contributed by atoms with E-state index in [-0.39, 0.29) is 17.6 Å². The Kier molecular flexibility index (Phi) is 4.99. The van der Waals surface area contributed by atoms with Crippen LogP contribution in [0.15, 0.2) is 54.6 Å². The van der Waals surface area contributed by atoms with Gasteiger partial charge < -0.3 is 0 Å². The maximum Gasteiger partial charge on any atom is 0.150 e. The first-order chi connectivity index (χ1) is 10.1. The molecule has 0 bridgehead atoms. The number of benzene rings is 2. The maximum absolute atomic E-state index is 13.0. The van der Waals surface area contributed by atoms with Gasteiger partial charge in [-0.1, -0.05) is 37.3 Å². The van der Waals surface area contributed by atoms with Gasteiger partial charge in [0.25, 0.3) is 0 Å². The van der Waals surface area contributed by atoms with Crippen LogP contribution in [-0.4, -0.2) is 6.29 Å². The lowest BCUT2D eigenvalue weighted by molar-refractivity contribution is -0.103. The first-order valence-electron chi connectivity index (χ1n) is 6.82. The fourth-order valence-electron chi connectivity index (χ4n) is 2.22. The first-order valence-corrected chi connectivity index (χ1v) is 6.82. The molecule has 1 nitrogen and oxygen atoms in total. The molecule has 0 aromatic heterocycles. The third-order valence-electron chi connectivity index (χ3n) is 3.42. The summed E-state index contributed by atoms with van der Waals surface area (Å²) in [4.78, 5) is 11.3. The molecule has 0 heterocycles. The van der Waals surface area contributed by atoms with E-state index in [9.17, 15) is 13.6 Å². The van der Waals surface area contributed by atoms with E-state index in [0.717, 1.165) is 18.3 Å². The summed E-state index contributed by atoms with van der Waals surface area (Å²) in [7, 11) is 0. The first kappa shape index (κ1) is 15.1. The van der Waals surface area contributed by atoms with Crippen molar-refractivity contribution in [1.82, 2.24) is 0 Å². The maximum atomic E-state index is 13.0. The van der Waals surface area contributed by atoms with E-state index in [1.165, 1.54) is 24.3 Å². The fourth-order valence-corrected chi connectivity index (χ4v) is 2.22. The summed E-state index contributed by atoms with van der Waals surface area (Å²) in [6.45, 7) is 2.00. The van der Waals surface area contributed by atoms with Gasteiger partial charge in [0, 0.05) is 11.5 Å². The molecule has 1 atom stereocenters. The molecule has 3 heteroatoms. The zero-order valence-corrected chi connectivity index (χ0v) is 11.7. The van der Waals surface area contributed by atoms with Gasteiger partial charge in [0.2, 0.25) is 0 Å². The Balaban J connectivity index is 2.34. The molecule has 0 aliphatic rings. The van der Waals surface area contributed by atoms with Crippen molar-refractivity contribution in [1.29, 1.82) is 0 Å². The number of hydrogen-bond acceptors (Lipinski definition) is 1. The largest absolute Gasteiger partial charge is 0.298 e. The van der Waals surface area contributed by atoms with Crippen molar-refractivity contribution >= 4 is 11.9 Å². The van der Waals surface area contributed by atoms with Crippen LogP contribution in [0.4, 0.5) is 8.78 Å². The van der Waals surface area contributed by atoms with Gasteiger partial charge in [-0.15, -0.1) is 0 Å². The molecule has 2 aromatic carbocycles. The van der Waals surface area contributed by atoms with Crippen molar-refractivity contribution < 1.29 is 13.6 Å². The molecule has 0 saturated carbocycles. The van der Waals surface area contributed by atoms with Gasteiger partial charge in [-0.2, -0.15) is 0 Å². The molecule has 0 N–H and O–H groups in total. The van der Waals surface area contributed by atoms with E-state index >= 15 is 0 Å². The van der Waals surface area contributed by atoms with E-state index in [2.05, 4.69) is 0 Å². The van der Waals surface area contributed by atoms with Crippen LogP contribution in [0, 0.1) is 11.6 Å². The van der Waals surface area contributed by atoms with Gasteiger partial charge in [0.15, 0.2) is 0 Å². The highest BCUT2D eigenvalue weighted by molar-refractivity contribution is 6.07. The molecule has 0 unspecified atom stereocenters. The van der Waals surface area contributed by atoms with Crippen LogP contribution in [0.5, 0.6) is 0 Å². The minimum atomic E-state index is -0.338. The topological polar surface area (TPSA) is 17.1 Å². The Hall–Kier alpha value is -2.29. The average Bonchev–Trinajstić information content (AvgIpc) is 2.51. The smallest absolute Gasteiger partial charge is 0.150 e. The van der Waals surface area contributed by atoms with Crippen molar-refractivity contribution in [3.63, 3.8) is 0 Å². The number of carbonyl (C=O) groups is 1. The molecule has 0 aliphatic heterocycles. The number of allylic oxidation sites excluding steroid dienone is 2. The number of aldehydes is 1. The molecule has 21 heavy (non-hydrogen) atoms. The average molecular weight is 286 g/mol. The summed E-state index contributed by atoms with van der Waals surface area (Å²) >= 11 is 0. The van der Waals surface area contributed by atoms with Gasteiger partial charge in [-0.25, -0.2) is 8.78 Å². The van der Waals surface area contributed by atoms with Crippen LogP contribution in [-0.2, 0) is 4.79 Å². The summed E-state index contributed by atoms with van der Waals surface area (Å²) < 4.78 is 25.9. The monoisotopic (exact) mass is 286 g/mol. The lowest BCUT2D eigenvalue weighted by Crippen LogP contribution is -1.97. The van der Waals surface area contributed by atoms with E-state index in [1.54, 1.807) is 24.3 Å². The standard InChI is InChI=1S/C18H16F2O/c1-2-13(14-3-7-17(19)8-4-14)11-16(12-21)15-5-9-18(20)10-6-15/h3-13H,2H2,1H3/t13-/m1/s1. The molecule has 2 aromatic rings. The second-order valence-corrected chi connectivity index (χ2v) is 4.81. The Morgan fingerprint density at radius 2 is 1.52 bits per heavy atom. The zero-order chi connectivity index (χ0) is 15.2. The third-order valence-corrected chi connectivity index (χ3v) is 3.42. The third kappa shape index (κ3) is 3.85. The lowest BCUT2D eigenvalue weighted by atomic mass is 9.92. The number of rotatable bonds is 5. The molecule has 108 valence electrons. The van der Waals surface area contributed by atoms with E-state index < -0.39 is 0 Å². The van der Waals surface area contributed by atoms with Crippen LogP contribution in [0.3, 0.4) is 0 Å². The lowest BCUT2D eigenvalue weighted by Gasteiger charge is -2.12. The van der Waals surface area contributed by atoms with E-state index in [1.807, 2.05) is 13.0 Å². The van der Waals surface area contributed by atoms with Crippen molar-refractivity contribution in [3.05, 3.63) is 77.4 Å². The van der Waals surface area contributed by atoms with Crippen LogP contribution in [0.25, 0.3) is 5.57 Å². The molecular weight excluding hydrogens is 270 g/mol.